The summed E-state index contributed by atoms with van der Waals surface area (Å²) in [6.45, 7) is 0.123. The topological polar surface area (TPSA) is 49.8 Å². The molecule has 4 rings (SSSR count). The molecule has 0 aliphatic carbocycles. The molecule has 2 aliphatic rings. The van der Waals surface area contributed by atoms with Crippen LogP contribution in [0.2, 0.25) is 0 Å². The number of rotatable bonds is 4. The fourth-order valence-electron chi connectivity index (χ4n) is 5.10. The Morgan fingerprint density at radius 1 is 1.09 bits per heavy atom. The largest absolute Gasteiger partial charge is 0.445 e. The Morgan fingerprint density at radius 3 is 2.38 bits per heavy atom. The number of nitrogens with zero attached hydrogens (tertiary/aromatic N) is 1. The molecule has 8 heteroatoms. The molecule has 2 atom stereocenters. The number of piperidine rings is 2. The lowest BCUT2D eigenvalue weighted by Crippen LogP contribution is -2.60. The van der Waals surface area contributed by atoms with Crippen LogP contribution in [-0.4, -0.2) is 33.8 Å². The van der Waals surface area contributed by atoms with Crippen LogP contribution in [0.3, 0.4) is 0 Å². The number of alkyl halides is 3. The zero-order chi connectivity index (χ0) is 22.9. The Bertz CT molecular complexity index is 949. The van der Waals surface area contributed by atoms with Gasteiger partial charge >= 0.3 is 12.3 Å². The predicted octanol–water partition coefficient (Wildman–Crippen LogP) is 5.47. The molecule has 1 N–H and O–H groups in total. The summed E-state index contributed by atoms with van der Waals surface area (Å²) in [7, 11) is 0. The van der Waals surface area contributed by atoms with E-state index in [-0.39, 0.29) is 43.5 Å². The molecule has 2 aromatic carbocycles. The summed E-state index contributed by atoms with van der Waals surface area (Å²) in [4.78, 5) is 14.4. The minimum atomic E-state index is -4.64. The number of aliphatic hydroxyl groups is 1. The van der Waals surface area contributed by atoms with Crippen molar-refractivity contribution in [3.8, 4) is 0 Å². The standard InChI is InChI=1S/C24H25F4NO3/c25-18-9-10-21(24(26,27)28)17(11-18)12-23(31)13-19-7-4-8-20(14-23)29(19)22(30)32-15-16-5-2-1-3-6-16/h1-3,5-6,9-11,19-20,31H,4,7-8,12-15H2. The number of benzene rings is 2. The molecular weight excluding hydrogens is 426 g/mol. The Morgan fingerprint density at radius 2 is 1.75 bits per heavy atom. The summed E-state index contributed by atoms with van der Waals surface area (Å²) in [5.41, 5.74) is -1.81. The molecule has 32 heavy (non-hydrogen) atoms. The second kappa shape index (κ2) is 8.73. The molecule has 2 saturated heterocycles. The zero-order valence-corrected chi connectivity index (χ0v) is 17.4. The quantitative estimate of drug-likeness (QED) is 0.627. The molecular formula is C24H25F4NO3. The predicted molar refractivity (Wildman–Crippen MR) is 109 cm³/mol. The highest BCUT2D eigenvalue weighted by Crippen LogP contribution is 2.43. The van der Waals surface area contributed by atoms with Crippen LogP contribution < -0.4 is 0 Å². The fraction of sp³-hybridized carbons (Fsp3) is 0.458. The number of hydrogen-bond acceptors (Lipinski definition) is 3. The van der Waals surface area contributed by atoms with Gasteiger partial charge in [0, 0.05) is 18.5 Å². The second-order valence-corrected chi connectivity index (χ2v) is 8.79. The molecule has 2 heterocycles. The maximum atomic E-state index is 13.7. The van der Waals surface area contributed by atoms with Crippen LogP contribution in [-0.2, 0) is 23.9 Å². The molecule has 1 amide bonds. The molecule has 4 nitrogen and oxygen atoms in total. The molecule has 2 fully saturated rings. The smallest absolute Gasteiger partial charge is 0.416 e. The van der Waals surface area contributed by atoms with Crippen molar-refractivity contribution in [3.05, 3.63) is 71.0 Å². The van der Waals surface area contributed by atoms with E-state index in [0.29, 0.717) is 18.9 Å². The molecule has 0 spiro atoms. The van der Waals surface area contributed by atoms with Crippen molar-refractivity contribution in [3.63, 3.8) is 0 Å². The first-order valence-corrected chi connectivity index (χ1v) is 10.7. The third-order valence-electron chi connectivity index (χ3n) is 6.40. The van der Waals surface area contributed by atoms with E-state index in [1.165, 1.54) is 0 Å². The van der Waals surface area contributed by atoms with Gasteiger partial charge in [-0.25, -0.2) is 9.18 Å². The zero-order valence-electron chi connectivity index (χ0n) is 17.4. The summed E-state index contributed by atoms with van der Waals surface area (Å²) >= 11 is 0. The van der Waals surface area contributed by atoms with Gasteiger partial charge in [0.1, 0.15) is 12.4 Å². The second-order valence-electron chi connectivity index (χ2n) is 8.79. The fourth-order valence-corrected chi connectivity index (χ4v) is 5.10. The van der Waals surface area contributed by atoms with Gasteiger partial charge in [-0.05, 0) is 61.4 Å². The number of halogens is 4. The van der Waals surface area contributed by atoms with Gasteiger partial charge in [-0.3, -0.25) is 0 Å². The van der Waals surface area contributed by atoms with E-state index in [2.05, 4.69) is 0 Å². The molecule has 172 valence electrons. The average molecular weight is 451 g/mol. The van der Waals surface area contributed by atoms with Crippen LogP contribution in [0.1, 0.15) is 48.8 Å². The van der Waals surface area contributed by atoms with E-state index in [0.717, 1.165) is 24.1 Å². The summed E-state index contributed by atoms with van der Waals surface area (Å²) in [6.07, 6.45) is -3.07. The lowest BCUT2D eigenvalue weighted by Gasteiger charge is -2.51. The minimum Gasteiger partial charge on any atom is -0.445 e. The Hall–Kier alpha value is -2.61. The van der Waals surface area contributed by atoms with E-state index in [4.69, 9.17) is 4.74 Å². The van der Waals surface area contributed by atoms with Gasteiger partial charge in [0.2, 0.25) is 0 Å². The summed E-state index contributed by atoms with van der Waals surface area (Å²) < 4.78 is 59.4. The van der Waals surface area contributed by atoms with Crippen molar-refractivity contribution in [1.82, 2.24) is 4.90 Å². The first-order chi connectivity index (χ1) is 15.1. The molecule has 2 aromatic rings. The molecule has 0 aromatic heterocycles. The van der Waals surface area contributed by atoms with Gasteiger partial charge in [0.15, 0.2) is 0 Å². The van der Waals surface area contributed by atoms with Crippen LogP contribution >= 0.6 is 0 Å². The van der Waals surface area contributed by atoms with Gasteiger partial charge in [0.05, 0.1) is 11.2 Å². The number of hydrogen-bond donors (Lipinski definition) is 1. The maximum Gasteiger partial charge on any atom is 0.416 e. The summed E-state index contributed by atoms with van der Waals surface area (Å²) in [5.74, 6) is -0.779. The van der Waals surface area contributed by atoms with Crippen LogP contribution in [0.15, 0.2) is 48.5 Å². The Labute approximate surface area is 183 Å². The summed E-state index contributed by atoms with van der Waals surface area (Å²) in [5, 5.41) is 11.3. The van der Waals surface area contributed by atoms with Crippen molar-refractivity contribution in [2.75, 3.05) is 0 Å². The third kappa shape index (κ3) is 4.90. The monoisotopic (exact) mass is 451 g/mol. The van der Waals surface area contributed by atoms with Crippen LogP contribution in [0.25, 0.3) is 0 Å². The van der Waals surface area contributed by atoms with Gasteiger partial charge in [-0.2, -0.15) is 13.2 Å². The number of carbonyl (C=O) groups is 1. The highest BCUT2D eigenvalue weighted by Gasteiger charge is 2.48. The molecule has 0 radical (unpaired) electrons. The van der Waals surface area contributed by atoms with Gasteiger partial charge in [-0.15, -0.1) is 0 Å². The van der Waals surface area contributed by atoms with E-state index >= 15 is 0 Å². The van der Waals surface area contributed by atoms with Gasteiger partial charge < -0.3 is 14.7 Å². The number of fused-ring (bicyclic) bond motifs is 2. The van der Waals surface area contributed by atoms with Crippen molar-refractivity contribution in [2.24, 2.45) is 0 Å². The lowest BCUT2D eigenvalue weighted by molar-refractivity contribution is -0.139. The van der Waals surface area contributed by atoms with Crippen molar-refractivity contribution < 1.29 is 32.2 Å². The van der Waals surface area contributed by atoms with E-state index in [1.54, 1.807) is 4.90 Å². The van der Waals surface area contributed by atoms with Crippen molar-refractivity contribution >= 4 is 6.09 Å². The molecule has 2 bridgehead atoms. The number of amides is 1. The lowest BCUT2D eigenvalue weighted by atomic mass is 9.73. The van der Waals surface area contributed by atoms with Gasteiger partial charge in [0.25, 0.3) is 0 Å². The first kappa shape index (κ1) is 22.6. The average Bonchev–Trinajstić information content (AvgIpc) is 2.71. The third-order valence-corrected chi connectivity index (χ3v) is 6.40. The Balaban J connectivity index is 1.49. The van der Waals surface area contributed by atoms with Gasteiger partial charge in [-0.1, -0.05) is 30.3 Å². The van der Waals surface area contributed by atoms with E-state index < -0.39 is 29.3 Å². The highest BCUT2D eigenvalue weighted by atomic mass is 19.4. The first-order valence-electron chi connectivity index (χ1n) is 10.7. The summed E-state index contributed by atoms with van der Waals surface area (Å²) in [6, 6.07) is 10.9. The maximum absolute atomic E-state index is 13.7. The number of ether oxygens (including phenoxy) is 1. The molecule has 0 saturated carbocycles. The number of carbonyl (C=O) groups excluding carboxylic acids is 1. The SMILES string of the molecule is O=C(OCc1ccccc1)N1C2CCCC1CC(O)(Cc1cc(F)ccc1C(F)(F)F)C2. The minimum absolute atomic E-state index is 0.123. The Kier molecular flexibility index (Phi) is 6.16. The van der Waals surface area contributed by atoms with Crippen LogP contribution in [0.5, 0.6) is 0 Å². The molecule has 2 unspecified atom stereocenters. The highest BCUT2D eigenvalue weighted by molar-refractivity contribution is 5.69. The van der Waals surface area contributed by atoms with Crippen molar-refractivity contribution in [2.45, 2.75) is 69.0 Å². The van der Waals surface area contributed by atoms with Crippen LogP contribution in [0.4, 0.5) is 22.4 Å². The van der Waals surface area contributed by atoms with Crippen molar-refractivity contribution in [1.29, 1.82) is 0 Å². The van der Waals surface area contributed by atoms with E-state index in [1.807, 2.05) is 30.3 Å². The normalized spacial score (nSPS) is 25.5. The van der Waals surface area contributed by atoms with E-state index in [9.17, 15) is 27.5 Å². The van der Waals surface area contributed by atoms with Crippen LogP contribution in [0, 0.1) is 5.82 Å². The molecule has 2 aliphatic heterocycles.